The van der Waals surface area contributed by atoms with Gasteiger partial charge in [-0.25, -0.2) is 9.97 Å². The summed E-state index contributed by atoms with van der Waals surface area (Å²) in [6.45, 7) is 2.07. The molecule has 1 aliphatic rings. The molecule has 1 saturated heterocycles. The van der Waals surface area contributed by atoms with Crippen LogP contribution in [0.3, 0.4) is 0 Å². The Morgan fingerprint density at radius 1 is 1.42 bits per heavy atom. The summed E-state index contributed by atoms with van der Waals surface area (Å²) in [5, 5.41) is 3.07. The Kier molecular flexibility index (Phi) is 4.93. The molecule has 1 fully saturated rings. The smallest absolute Gasteiger partial charge is 0.158 e. The van der Waals surface area contributed by atoms with Gasteiger partial charge in [0, 0.05) is 46.5 Å². The van der Waals surface area contributed by atoms with Crippen molar-refractivity contribution in [1.82, 2.24) is 9.97 Å². The fraction of sp³-hybridized carbons (Fsp3) is 0.692. The highest BCUT2D eigenvalue weighted by molar-refractivity contribution is 5.49. The first-order chi connectivity index (χ1) is 9.24. The van der Waals surface area contributed by atoms with E-state index in [9.17, 15) is 0 Å². The fourth-order valence-corrected chi connectivity index (χ4v) is 2.25. The Morgan fingerprint density at radius 2 is 2.16 bits per heavy atom. The minimum Gasteiger partial charge on any atom is -0.381 e. The highest BCUT2D eigenvalue weighted by Gasteiger charge is 2.20. The van der Waals surface area contributed by atoms with Gasteiger partial charge in [0.1, 0.15) is 18.2 Å². The van der Waals surface area contributed by atoms with E-state index in [-0.39, 0.29) is 0 Å². The zero-order valence-electron chi connectivity index (χ0n) is 11.8. The quantitative estimate of drug-likeness (QED) is 0.866. The molecule has 19 heavy (non-hydrogen) atoms. The van der Waals surface area contributed by atoms with Crippen LogP contribution in [0.25, 0.3) is 0 Å². The molecule has 1 aliphatic heterocycles. The van der Waals surface area contributed by atoms with Crippen LogP contribution in [-0.4, -0.2) is 50.4 Å². The summed E-state index contributed by atoms with van der Waals surface area (Å²) in [5.74, 6) is 2.44. The molecule has 2 heterocycles. The van der Waals surface area contributed by atoms with Crippen molar-refractivity contribution in [2.75, 3.05) is 44.6 Å². The van der Waals surface area contributed by atoms with Crippen molar-refractivity contribution in [3.63, 3.8) is 0 Å². The lowest BCUT2D eigenvalue weighted by Gasteiger charge is -2.32. The van der Waals surface area contributed by atoms with Gasteiger partial charge >= 0.3 is 0 Å². The molecule has 0 amide bonds. The van der Waals surface area contributed by atoms with Crippen LogP contribution in [0.4, 0.5) is 11.6 Å². The lowest BCUT2D eigenvalue weighted by atomic mass is 10.1. The van der Waals surface area contributed by atoms with Crippen molar-refractivity contribution in [2.24, 2.45) is 0 Å². The van der Waals surface area contributed by atoms with Gasteiger partial charge < -0.3 is 19.7 Å². The molecule has 0 spiro atoms. The number of rotatable bonds is 5. The summed E-state index contributed by atoms with van der Waals surface area (Å²) in [4.78, 5) is 11.1. The Morgan fingerprint density at radius 3 is 2.79 bits per heavy atom. The van der Waals surface area contributed by atoms with Gasteiger partial charge in [0.05, 0.1) is 0 Å². The molecule has 0 saturated carbocycles. The van der Waals surface area contributed by atoms with Gasteiger partial charge in [0.25, 0.3) is 0 Å². The van der Waals surface area contributed by atoms with Crippen LogP contribution in [0.5, 0.6) is 0 Å². The number of nitrogens with zero attached hydrogens (tertiary/aromatic N) is 3. The monoisotopic (exact) mass is 266 g/mol. The van der Waals surface area contributed by atoms with Crippen LogP contribution >= 0.6 is 0 Å². The molecule has 0 aromatic carbocycles. The van der Waals surface area contributed by atoms with Gasteiger partial charge in [0.2, 0.25) is 0 Å². The number of nitrogens with one attached hydrogen (secondary N) is 1. The second-order valence-electron chi connectivity index (χ2n) is 4.67. The van der Waals surface area contributed by atoms with Gasteiger partial charge in [0.15, 0.2) is 5.82 Å². The summed E-state index contributed by atoms with van der Waals surface area (Å²) in [5.41, 5.74) is 0. The first-order valence-corrected chi connectivity index (χ1v) is 6.60. The minimum absolute atomic E-state index is 0.421. The molecule has 106 valence electrons. The standard InChI is InChI=1S/C13H22N4O2/c1-14-11-8-13(16-12(15-11)9-18-3)17(2)10-4-6-19-7-5-10/h8,10H,4-7,9H2,1-3H3,(H,14,15,16). The summed E-state index contributed by atoms with van der Waals surface area (Å²) in [7, 11) is 5.59. The summed E-state index contributed by atoms with van der Waals surface area (Å²) < 4.78 is 10.5. The summed E-state index contributed by atoms with van der Waals surface area (Å²) in [6.07, 6.45) is 2.07. The van der Waals surface area contributed by atoms with Crippen molar-refractivity contribution >= 4 is 11.6 Å². The molecule has 0 aliphatic carbocycles. The molecule has 1 aromatic rings. The van der Waals surface area contributed by atoms with Crippen molar-refractivity contribution in [3.8, 4) is 0 Å². The SMILES string of the molecule is CNc1cc(N(C)C2CCOCC2)nc(COC)n1. The molecule has 6 heteroatoms. The van der Waals surface area contributed by atoms with Crippen molar-refractivity contribution < 1.29 is 9.47 Å². The normalized spacial score (nSPS) is 16.4. The maximum absolute atomic E-state index is 5.40. The number of anilines is 2. The van der Waals surface area contributed by atoms with Crippen LogP contribution < -0.4 is 10.2 Å². The molecular formula is C13H22N4O2. The lowest BCUT2D eigenvalue weighted by Crippen LogP contribution is -2.37. The van der Waals surface area contributed by atoms with Crippen molar-refractivity contribution in [3.05, 3.63) is 11.9 Å². The Hall–Kier alpha value is -1.40. The van der Waals surface area contributed by atoms with E-state index in [0.717, 1.165) is 37.7 Å². The van der Waals surface area contributed by atoms with E-state index in [4.69, 9.17) is 9.47 Å². The Bertz CT molecular complexity index is 408. The largest absolute Gasteiger partial charge is 0.381 e. The zero-order chi connectivity index (χ0) is 13.7. The third-order valence-corrected chi connectivity index (χ3v) is 3.39. The molecular weight excluding hydrogens is 244 g/mol. The number of hydrogen-bond donors (Lipinski definition) is 1. The van der Waals surface area contributed by atoms with E-state index in [0.29, 0.717) is 18.5 Å². The topological polar surface area (TPSA) is 59.5 Å². The second kappa shape index (κ2) is 6.68. The van der Waals surface area contributed by atoms with Crippen LogP contribution in [0.1, 0.15) is 18.7 Å². The third kappa shape index (κ3) is 3.54. The highest BCUT2D eigenvalue weighted by atomic mass is 16.5. The first kappa shape index (κ1) is 14.0. The number of ether oxygens (including phenoxy) is 2. The summed E-state index contributed by atoms with van der Waals surface area (Å²) >= 11 is 0. The third-order valence-electron chi connectivity index (χ3n) is 3.39. The molecule has 0 atom stereocenters. The molecule has 1 aromatic heterocycles. The van der Waals surface area contributed by atoms with Crippen LogP contribution in [-0.2, 0) is 16.1 Å². The maximum atomic E-state index is 5.40. The fourth-order valence-electron chi connectivity index (χ4n) is 2.25. The van der Waals surface area contributed by atoms with E-state index in [1.807, 2.05) is 13.1 Å². The van der Waals surface area contributed by atoms with Gasteiger partial charge in [-0.2, -0.15) is 0 Å². The Labute approximate surface area is 114 Å². The Balaban J connectivity index is 2.18. The van der Waals surface area contributed by atoms with Gasteiger partial charge in [-0.1, -0.05) is 0 Å². The van der Waals surface area contributed by atoms with Crippen LogP contribution in [0.15, 0.2) is 6.07 Å². The molecule has 0 bridgehead atoms. The average molecular weight is 266 g/mol. The number of hydrogen-bond acceptors (Lipinski definition) is 6. The molecule has 6 nitrogen and oxygen atoms in total. The first-order valence-electron chi connectivity index (χ1n) is 6.60. The number of aromatic nitrogens is 2. The molecule has 0 unspecified atom stereocenters. The average Bonchev–Trinajstić information content (AvgIpc) is 2.47. The van der Waals surface area contributed by atoms with Gasteiger partial charge in [-0.15, -0.1) is 0 Å². The second-order valence-corrected chi connectivity index (χ2v) is 4.67. The van der Waals surface area contributed by atoms with Gasteiger partial charge in [-0.05, 0) is 12.8 Å². The van der Waals surface area contributed by atoms with Crippen molar-refractivity contribution in [2.45, 2.75) is 25.5 Å². The van der Waals surface area contributed by atoms with E-state index >= 15 is 0 Å². The zero-order valence-corrected chi connectivity index (χ0v) is 11.8. The van der Waals surface area contributed by atoms with Crippen molar-refractivity contribution in [1.29, 1.82) is 0 Å². The van der Waals surface area contributed by atoms with Crippen LogP contribution in [0.2, 0.25) is 0 Å². The molecule has 0 radical (unpaired) electrons. The molecule has 1 N–H and O–H groups in total. The van der Waals surface area contributed by atoms with E-state index < -0.39 is 0 Å². The van der Waals surface area contributed by atoms with E-state index in [2.05, 4.69) is 27.2 Å². The maximum Gasteiger partial charge on any atom is 0.158 e. The highest BCUT2D eigenvalue weighted by Crippen LogP contribution is 2.21. The predicted molar refractivity (Wildman–Crippen MR) is 74.5 cm³/mol. The van der Waals surface area contributed by atoms with Crippen LogP contribution in [0, 0.1) is 0 Å². The molecule has 2 rings (SSSR count). The minimum atomic E-state index is 0.421. The van der Waals surface area contributed by atoms with E-state index in [1.54, 1.807) is 7.11 Å². The number of methoxy groups -OCH3 is 1. The lowest BCUT2D eigenvalue weighted by molar-refractivity contribution is 0.0853. The summed E-state index contributed by atoms with van der Waals surface area (Å²) in [6, 6.07) is 2.44. The predicted octanol–water partition coefficient (Wildman–Crippen LogP) is 1.28. The van der Waals surface area contributed by atoms with E-state index in [1.165, 1.54) is 0 Å². The van der Waals surface area contributed by atoms with Gasteiger partial charge in [-0.3, -0.25) is 0 Å².